The van der Waals surface area contributed by atoms with Crippen molar-refractivity contribution in [3.8, 4) is 0 Å². The molecule has 1 heterocycles. The number of rotatable bonds is 4. The summed E-state index contributed by atoms with van der Waals surface area (Å²) in [4.78, 5) is 10.8. The second-order valence-corrected chi connectivity index (χ2v) is 5.34. The molecule has 0 aromatic rings. The third kappa shape index (κ3) is 3.32. The SMILES string of the molecule is CNCC1CCN(S(=O)(=O)NC(=O)OC)C1. The maximum Gasteiger partial charge on any atom is 0.421 e. The van der Waals surface area contributed by atoms with Gasteiger partial charge in [-0.1, -0.05) is 0 Å². The van der Waals surface area contributed by atoms with Crippen LogP contribution in [0.2, 0.25) is 0 Å². The summed E-state index contributed by atoms with van der Waals surface area (Å²) in [5.74, 6) is 0.291. The van der Waals surface area contributed by atoms with E-state index in [0.29, 0.717) is 19.0 Å². The van der Waals surface area contributed by atoms with Crippen LogP contribution < -0.4 is 10.0 Å². The van der Waals surface area contributed by atoms with Gasteiger partial charge >= 0.3 is 16.3 Å². The topological polar surface area (TPSA) is 87.7 Å². The van der Waals surface area contributed by atoms with E-state index in [2.05, 4.69) is 10.1 Å². The highest BCUT2D eigenvalue weighted by atomic mass is 32.2. The zero-order valence-electron chi connectivity index (χ0n) is 9.39. The van der Waals surface area contributed by atoms with E-state index in [1.807, 2.05) is 11.8 Å². The molecule has 1 fully saturated rings. The van der Waals surface area contributed by atoms with Gasteiger partial charge in [0.15, 0.2) is 0 Å². The number of hydrogen-bond acceptors (Lipinski definition) is 5. The van der Waals surface area contributed by atoms with Gasteiger partial charge in [-0.05, 0) is 25.9 Å². The summed E-state index contributed by atoms with van der Waals surface area (Å²) in [6.07, 6.45) is -0.166. The summed E-state index contributed by atoms with van der Waals surface area (Å²) in [6.45, 7) is 1.62. The predicted molar refractivity (Wildman–Crippen MR) is 58.1 cm³/mol. The van der Waals surface area contributed by atoms with Gasteiger partial charge in [-0.15, -0.1) is 0 Å². The fourth-order valence-corrected chi connectivity index (χ4v) is 2.86. The molecule has 1 saturated heterocycles. The third-order valence-electron chi connectivity index (χ3n) is 2.48. The Morgan fingerprint density at radius 2 is 2.25 bits per heavy atom. The molecule has 0 saturated carbocycles. The molecular formula is C8H17N3O4S. The molecule has 0 aromatic carbocycles. The molecule has 1 aliphatic heterocycles. The lowest BCUT2D eigenvalue weighted by Crippen LogP contribution is -2.42. The molecule has 7 nitrogen and oxygen atoms in total. The summed E-state index contributed by atoms with van der Waals surface area (Å²) >= 11 is 0. The van der Waals surface area contributed by atoms with Crippen molar-refractivity contribution < 1.29 is 17.9 Å². The number of methoxy groups -OCH3 is 1. The number of amides is 1. The first-order chi connectivity index (χ1) is 7.49. The second-order valence-electron chi connectivity index (χ2n) is 3.67. The Kier molecular flexibility index (Phi) is 4.51. The predicted octanol–water partition coefficient (Wildman–Crippen LogP) is -0.871. The van der Waals surface area contributed by atoms with Crippen LogP contribution in [0.15, 0.2) is 0 Å². The first-order valence-corrected chi connectivity index (χ1v) is 6.44. The van der Waals surface area contributed by atoms with Gasteiger partial charge in [-0.25, -0.2) is 9.52 Å². The van der Waals surface area contributed by atoms with Gasteiger partial charge in [0.1, 0.15) is 0 Å². The van der Waals surface area contributed by atoms with E-state index < -0.39 is 16.3 Å². The van der Waals surface area contributed by atoms with E-state index >= 15 is 0 Å². The third-order valence-corrected chi connectivity index (χ3v) is 3.92. The summed E-state index contributed by atoms with van der Waals surface area (Å²) < 4.78 is 30.6. The van der Waals surface area contributed by atoms with Gasteiger partial charge in [0.05, 0.1) is 7.11 Å². The zero-order chi connectivity index (χ0) is 12.2. The van der Waals surface area contributed by atoms with Crippen molar-refractivity contribution in [3.63, 3.8) is 0 Å². The van der Waals surface area contributed by atoms with Gasteiger partial charge in [-0.2, -0.15) is 12.7 Å². The van der Waals surface area contributed by atoms with Crippen molar-refractivity contribution in [2.24, 2.45) is 5.92 Å². The molecule has 2 N–H and O–H groups in total. The van der Waals surface area contributed by atoms with Crippen LogP contribution in [-0.4, -0.2) is 52.6 Å². The number of nitrogens with zero attached hydrogens (tertiary/aromatic N) is 1. The van der Waals surface area contributed by atoms with Crippen molar-refractivity contribution >= 4 is 16.3 Å². The molecule has 8 heteroatoms. The van der Waals surface area contributed by atoms with Crippen molar-refractivity contribution in [1.82, 2.24) is 14.3 Å². The summed E-state index contributed by atoms with van der Waals surface area (Å²) in [6, 6.07) is 0. The summed E-state index contributed by atoms with van der Waals surface area (Å²) in [5, 5.41) is 3.00. The highest BCUT2D eigenvalue weighted by molar-refractivity contribution is 7.87. The fraction of sp³-hybridized carbons (Fsp3) is 0.875. The Bertz CT molecular complexity index is 343. The molecular weight excluding hydrogens is 234 g/mol. The average Bonchev–Trinajstić information content (AvgIpc) is 2.67. The highest BCUT2D eigenvalue weighted by Gasteiger charge is 2.32. The van der Waals surface area contributed by atoms with Crippen LogP contribution in [0.5, 0.6) is 0 Å². The quantitative estimate of drug-likeness (QED) is 0.678. The normalized spacial score (nSPS) is 22.0. The average molecular weight is 251 g/mol. The second kappa shape index (κ2) is 5.46. The molecule has 94 valence electrons. The molecule has 0 aromatic heterocycles. The molecule has 1 rings (SSSR count). The minimum atomic E-state index is -3.74. The Labute approximate surface area is 95.3 Å². The lowest BCUT2D eigenvalue weighted by Gasteiger charge is -2.16. The lowest BCUT2D eigenvalue weighted by atomic mass is 10.1. The summed E-state index contributed by atoms with van der Waals surface area (Å²) in [7, 11) is -0.795. The monoisotopic (exact) mass is 251 g/mol. The molecule has 1 atom stereocenters. The van der Waals surface area contributed by atoms with E-state index in [1.54, 1.807) is 0 Å². The van der Waals surface area contributed by atoms with Gasteiger partial charge in [-0.3, -0.25) is 0 Å². The minimum absolute atomic E-state index is 0.291. The molecule has 1 amide bonds. The number of hydrogen-bond donors (Lipinski definition) is 2. The maximum atomic E-state index is 11.6. The molecule has 0 aliphatic carbocycles. The Morgan fingerprint density at radius 3 is 2.81 bits per heavy atom. The van der Waals surface area contributed by atoms with Crippen molar-refractivity contribution in [2.75, 3.05) is 33.8 Å². The van der Waals surface area contributed by atoms with E-state index in [4.69, 9.17) is 0 Å². The standard InChI is InChI=1S/C8H17N3O4S/c1-9-5-7-3-4-11(6-7)16(13,14)10-8(12)15-2/h7,9H,3-6H2,1-2H3,(H,10,12). The van der Waals surface area contributed by atoms with Crippen LogP contribution in [0.1, 0.15) is 6.42 Å². The lowest BCUT2D eigenvalue weighted by molar-refractivity contribution is 0.177. The van der Waals surface area contributed by atoms with Crippen LogP contribution in [0.3, 0.4) is 0 Å². The minimum Gasteiger partial charge on any atom is -0.452 e. The van der Waals surface area contributed by atoms with E-state index in [0.717, 1.165) is 20.1 Å². The van der Waals surface area contributed by atoms with Crippen LogP contribution in [0.25, 0.3) is 0 Å². The zero-order valence-corrected chi connectivity index (χ0v) is 10.2. The molecule has 0 spiro atoms. The van der Waals surface area contributed by atoms with Crippen LogP contribution in [0, 0.1) is 5.92 Å². The number of nitrogens with one attached hydrogen (secondary N) is 2. The van der Waals surface area contributed by atoms with Gasteiger partial charge < -0.3 is 10.1 Å². The van der Waals surface area contributed by atoms with Crippen molar-refractivity contribution in [3.05, 3.63) is 0 Å². The number of ether oxygens (including phenoxy) is 1. The molecule has 1 aliphatic rings. The van der Waals surface area contributed by atoms with Crippen molar-refractivity contribution in [1.29, 1.82) is 0 Å². The van der Waals surface area contributed by atoms with Crippen LogP contribution in [0.4, 0.5) is 4.79 Å². The van der Waals surface area contributed by atoms with Crippen LogP contribution >= 0.6 is 0 Å². The Balaban J connectivity index is 2.55. The largest absolute Gasteiger partial charge is 0.452 e. The molecule has 0 radical (unpaired) electrons. The van der Waals surface area contributed by atoms with E-state index in [-0.39, 0.29) is 0 Å². The first kappa shape index (κ1) is 13.2. The van der Waals surface area contributed by atoms with E-state index in [9.17, 15) is 13.2 Å². The van der Waals surface area contributed by atoms with Gasteiger partial charge in [0, 0.05) is 13.1 Å². The number of carbonyl (C=O) groups excluding carboxylic acids is 1. The molecule has 0 bridgehead atoms. The molecule has 1 unspecified atom stereocenters. The smallest absolute Gasteiger partial charge is 0.421 e. The van der Waals surface area contributed by atoms with Crippen molar-refractivity contribution in [2.45, 2.75) is 6.42 Å². The highest BCUT2D eigenvalue weighted by Crippen LogP contribution is 2.17. The van der Waals surface area contributed by atoms with Crippen LogP contribution in [-0.2, 0) is 14.9 Å². The Morgan fingerprint density at radius 1 is 1.56 bits per heavy atom. The summed E-state index contributed by atoms with van der Waals surface area (Å²) in [5.41, 5.74) is 0. The number of carbonyl (C=O) groups is 1. The Hall–Kier alpha value is -0.860. The first-order valence-electron chi connectivity index (χ1n) is 5.00. The molecule has 16 heavy (non-hydrogen) atoms. The fourth-order valence-electron chi connectivity index (χ4n) is 1.68. The maximum absolute atomic E-state index is 11.6. The van der Waals surface area contributed by atoms with Gasteiger partial charge in [0.2, 0.25) is 0 Å². The van der Waals surface area contributed by atoms with E-state index in [1.165, 1.54) is 4.31 Å². The van der Waals surface area contributed by atoms with Gasteiger partial charge in [0.25, 0.3) is 0 Å².